The van der Waals surface area contributed by atoms with E-state index in [2.05, 4.69) is 10.3 Å². The van der Waals surface area contributed by atoms with Crippen molar-refractivity contribution in [1.29, 1.82) is 0 Å². The molecule has 2 aromatic rings. The first kappa shape index (κ1) is 11.6. The molecule has 0 atom stereocenters. The Labute approximate surface area is 100 Å². The summed E-state index contributed by atoms with van der Waals surface area (Å²) >= 11 is 0. The molecule has 2 N–H and O–H groups in total. The lowest BCUT2D eigenvalue weighted by Gasteiger charge is -2.05. The number of aromatic nitrogens is 3. The first-order chi connectivity index (χ1) is 8.33. The van der Waals surface area contributed by atoms with Crippen LogP contribution in [0.5, 0.6) is 5.75 Å². The Balaban J connectivity index is 2.22. The van der Waals surface area contributed by atoms with Gasteiger partial charge in [0, 0.05) is 12.5 Å². The fraction of sp³-hybridized carbons (Fsp3) is 0.333. The van der Waals surface area contributed by atoms with E-state index in [1.807, 2.05) is 37.4 Å². The van der Waals surface area contributed by atoms with Crippen LogP contribution in [0.4, 0.5) is 0 Å². The van der Waals surface area contributed by atoms with Gasteiger partial charge in [0.15, 0.2) is 0 Å². The van der Waals surface area contributed by atoms with E-state index >= 15 is 0 Å². The van der Waals surface area contributed by atoms with Crippen LogP contribution in [0.1, 0.15) is 12.6 Å². The molecule has 0 unspecified atom stereocenters. The Morgan fingerprint density at radius 2 is 2.29 bits per heavy atom. The number of ether oxygens (including phenoxy) is 1. The molecule has 0 fully saturated rings. The highest BCUT2D eigenvalue weighted by atomic mass is 16.5. The summed E-state index contributed by atoms with van der Waals surface area (Å²) in [6.45, 7) is 3.19. The topological polar surface area (TPSA) is 66.0 Å². The number of nitrogens with two attached hydrogens (primary N) is 1. The van der Waals surface area contributed by atoms with Gasteiger partial charge in [-0.3, -0.25) is 0 Å². The van der Waals surface area contributed by atoms with Gasteiger partial charge in [0.25, 0.3) is 0 Å². The molecular weight excluding hydrogens is 216 g/mol. The van der Waals surface area contributed by atoms with Crippen molar-refractivity contribution in [2.75, 3.05) is 13.2 Å². The third-order valence-electron chi connectivity index (χ3n) is 2.33. The fourth-order valence-corrected chi connectivity index (χ4v) is 1.57. The Morgan fingerprint density at radius 3 is 3.06 bits per heavy atom. The van der Waals surface area contributed by atoms with Gasteiger partial charge >= 0.3 is 0 Å². The van der Waals surface area contributed by atoms with Crippen molar-refractivity contribution in [3.05, 3.63) is 36.2 Å². The van der Waals surface area contributed by atoms with Crippen molar-refractivity contribution in [1.82, 2.24) is 15.0 Å². The second-order valence-electron chi connectivity index (χ2n) is 3.62. The first-order valence-corrected chi connectivity index (χ1v) is 5.68. The summed E-state index contributed by atoms with van der Waals surface area (Å²) in [6, 6.07) is 7.75. The van der Waals surface area contributed by atoms with Crippen molar-refractivity contribution in [3.63, 3.8) is 0 Å². The second-order valence-corrected chi connectivity index (χ2v) is 3.62. The van der Waals surface area contributed by atoms with Crippen LogP contribution in [0.25, 0.3) is 5.69 Å². The molecule has 0 spiro atoms. The molecule has 5 nitrogen and oxygen atoms in total. The van der Waals surface area contributed by atoms with Crippen LogP contribution in [0.2, 0.25) is 0 Å². The molecule has 0 amide bonds. The molecule has 2 rings (SSSR count). The van der Waals surface area contributed by atoms with Crippen LogP contribution in [-0.4, -0.2) is 28.1 Å². The molecule has 1 aromatic heterocycles. The Kier molecular flexibility index (Phi) is 3.72. The highest BCUT2D eigenvalue weighted by Gasteiger charge is 2.03. The Morgan fingerprint density at radius 1 is 1.41 bits per heavy atom. The van der Waals surface area contributed by atoms with E-state index in [-0.39, 0.29) is 0 Å². The standard InChI is InChI=1S/C12H16N4O/c1-2-17-12-5-3-4-11(8-12)16-9-10(6-7-13)14-15-16/h3-5,8-9H,2,6-7,13H2,1H3. The molecule has 0 saturated carbocycles. The van der Waals surface area contributed by atoms with Gasteiger partial charge in [-0.15, -0.1) is 5.10 Å². The minimum Gasteiger partial charge on any atom is -0.494 e. The van der Waals surface area contributed by atoms with Gasteiger partial charge in [-0.1, -0.05) is 11.3 Å². The first-order valence-electron chi connectivity index (χ1n) is 5.68. The van der Waals surface area contributed by atoms with Gasteiger partial charge in [-0.2, -0.15) is 0 Å². The van der Waals surface area contributed by atoms with Crippen LogP contribution >= 0.6 is 0 Å². The van der Waals surface area contributed by atoms with Crippen molar-refractivity contribution < 1.29 is 4.74 Å². The molecule has 1 heterocycles. The van der Waals surface area contributed by atoms with Gasteiger partial charge in [-0.05, 0) is 25.6 Å². The summed E-state index contributed by atoms with van der Waals surface area (Å²) < 4.78 is 7.17. The van der Waals surface area contributed by atoms with Crippen molar-refractivity contribution >= 4 is 0 Å². The fourth-order valence-electron chi connectivity index (χ4n) is 1.57. The molecule has 17 heavy (non-hydrogen) atoms. The highest BCUT2D eigenvalue weighted by Crippen LogP contribution is 2.16. The van der Waals surface area contributed by atoms with Crippen molar-refractivity contribution in [2.45, 2.75) is 13.3 Å². The molecular formula is C12H16N4O. The molecule has 0 saturated heterocycles. The number of hydrogen-bond acceptors (Lipinski definition) is 4. The summed E-state index contributed by atoms with van der Waals surface area (Å²) in [5.74, 6) is 0.834. The molecule has 0 bridgehead atoms. The lowest BCUT2D eigenvalue weighted by atomic mass is 10.3. The maximum Gasteiger partial charge on any atom is 0.121 e. The predicted octanol–water partition coefficient (Wildman–Crippen LogP) is 1.17. The smallest absolute Gasteiger partial charge is 0.121 e. The summed E-state index contributed by atoms with van der Waals surface area (Å²) in [7, 11) is 0. The summed E-state index contributed by atoms with van der Waals surface area (Å²) in [5.41, 5.74) is 7.31. The minimum atomic E-state index is 0.581. The van der Waals surface area contributed by atoms with Crippen LogP contribution in [-0.2, 0) is 6.42 Å². The zero-order chi connectivity index (χ0) is 12.1. The number of nitrogens with zero attached hydrogens (tertiary/aromatic N) is 3. The summed E-state index contributed by atoms with van der Waals surface area (Å²) in [4.78, 5) is 0. The Hall–Kier alpha value is -1.88. The van der Waals surface area contributed by atoms with Gasteiger partial charge in [-0.25, -0.2) is 4.68 Å². The largest absolute Gasteiger partial charge is 0.494 e. The molecule has 5 heteroatoms. The van der Waals surface area contributed by atoms with E-state index in [4.69, 9.17) is 10.5 Å². The third-order valence-corrected chi connectivity index (χ3v) is 2.33. The lowest BCUT2D eigenvalue weighted by molar-refractivity contribution is 0.340. The normalized spacial score (nSPS) is 10.5. The monoisotopic (exact) mass is 232 g/mol. The highest BCUT2D eigenvalue weighted by molar-refractivity contribution is 5.38. The molecule has 0 radical (unpaired) electrons. The Bertz CT molecular complexity index is 481. The molecule has 0 aliphatic carbocycles. The maximum absolute atomic E-state index is 5.48. The van der Waals surface area contributed by atoms with Gasteiger partial charge in [0.1, 0.15) is 5.75 Å². The number of rotatable bonds is 5. The summed E-state index contributed by atoms with van der Waals surface area (Å²) in [6.07, 6.45) is 2.63. The van der Waals surface area contributed by atoms with E-state index in [0.717, 1.165) is 23.6 Å². The van der Waals surface area contributed by atoms with Crippen molar-refractivity contribution in [2.24, 2.45) is 5.73 Å². The molecule has 1 aromatic carbocycles. The van der Waals surface area contributed by atoms with E-state index in [1.165, 1.54) is 0 Å². The number of hydrogen-bond donors (Lipinski definition) is 1. The SMILES string of the molecule is CCOc1cccc(-n2cc(CCN)nn2)c1. The molecule has 90 valence electrons. The zero-order valence-electron chi connectivity index (χ0n) is 9.84. The minimum absolute atomic E-state index is 0.581. The lowest BCUT2D eigenvalue weighted by Crippen LogP contribution is -2.02. The van der Waals surface area contributed by atoms with Crippen LogP contribution in [0.3, 0.4) is 0 Å². The molecule has 0 aliphatic rings. The molecule has 0 aliphatic heterocycles. The zero-order valence-corrected chi connectivity index (χ0v) is 9.84. The summed E-state index contributed by atoms with van der Waals surface area (Å²) in [5, 5.41) is 8.11. The quantitative estimate of drug-likeness (QED) is 0.840. The van der Waals surface area contributed by atoms with E-state index in [9.17, 15) is 0 Å². The number of benzene rings is 1. The third kappa shape index (κ3) is 2.82. The van der Waals surface area contributed by atoms with Crippen LogP contribution in [0.15, 0.2) is 30.5 Å². The van der Waals surface area contributed by atoms with Gasteiger partial charge in [0.05, 0.1) is 24.2 Å². The maximum atomic E-state index is 5.48. The van der Waals surface area contributed by atoms with Gasteiger partial charge in [0.2, 0.25) is 0 Å². The van der Waals surface area contributed by atoms with Crippen LogP contribution in [0, 0.1) is 0 Å². The van der Waals surface area contributed by atoms with Crippen LogP contribution < -0.4 is 10.5 Å². The second kappa shape index (κ2) is 5.45. The van der Waals surface area contributed by atoms with E-state index in [0.29, 0.717) is 13.2 Å². The average Bonchev–Trinajstić information content (AvgIpc) is 2.79. The van der Waals surface area contributed by atoms with Crippen molar-refractivity contribution in [3.8, 4) is 11.4 Å². The average molecular weight is 232 g/mol. The predicted molar refractivity (Wildman–Crippen MR) is 65.3 cm³/mol. The van der Waals surface area contributed by atoms with E-state index < -0.39 is 0 Å². The van der Waals surface area contributed by atoms with Gasteiger partial charge < -0.3 is 10.5 Å². The van der Waals surface area contributed by atoms with E-state index in [1.54, 1.807) is 4.68 Å².